The smallest absolute Gasteiger partial charge is 0.258 e. The number of carbonyl (C=O) groups is 2. The molecule has 0 spiro atoms. The number of nitrogens with one attached hydrogen (secondary N) is 1. The van der Waals surface area contributed by atoms with Crippen molar-refractivity contribution in [3.63, 3.8) is 0 Å². The Bertz CT molecular complexity index is 807. The molecule has 0 unspecified atom stereocenters. The van der Waals surface area contributed by atoms with Crippen molar-refractivity contribution in [1.29, 1.82) is 0 Å². The molecule has 1 heterocycles. The normalized spacial score (nSPS) is 16.4. The van der Waals surface area contributed by atoms with Gasteiger partial charge in [0.1, 0.15) is 11.3 Å². The van der Waals surface area contributed by atoms with E-state index in [4.69, 9.17) is 9.26 Å². The Morgan fingerprint density at radius 2 is 1.96 bits per heavy atom. The lowest BCUT2D eigenvalue weighted by molar-refractivity contribution is -0.125. The molecular weight excluding hydrogens is 346 g/mol. The lowest BCUT2D eigenvalue weighted by Gasteiger charge is -2.30. The molecule has 1 amide bonds. The predicted molar refractivity (Wildman–Crippen MR) is 98.5 cm³/mol. The van der Waals surface area contributed by atoms with Crippen LogP contribution in [0.15, 0.2) is 28.8 Å². The summed E-state index contributed by atoms with van der Waals surface area (Å²) in [5.74, 6) is 1.22. The van der Waals surface area contributed by atoms with Gasteiger partial charge in [0.05, 0.1) is 0 Å². The molecule has 1 aliphatic carbocycles. The fraction of sp³-hybridized carbons (Fsp3) is 0.500. The van der Waals surface area contributed by atoms with Gasteiger partial charge in [0.25, 0.3) is 5.91 Å². The summed E-state index contributed by atoms with van der Waals surface area (Å²) in [6, 6.07) is 6.82. The van der Waals surface area contributed by atoms with E-state index in [9.17, 15) is 9.59 Å². The Morgan fingerprint density at radius 1 is 1.22 bits per heavy atom. The fourth-order valence-corrected chi connectivity index (χ4v) is 3.49. The quantitative estimate of drug-likeness (QED) is 0.618. The van der Waals surface area contributed by atoms with Crippen LogP contribution in [0.5, 0.6) is 5.75 Å². The minimum atomic E-state index is -0.615. The van der Waals surface area contributed by atoms with E-state index >= 15 is 0 Å². The van der Waals surface area contributed by atoms with Crippen LogP contribution < -0.4 is 10.1 Å². The highest BCUT2D eigenvalue weighted by molar-refractivity contribution is 5.94. The van der Waals surface area contributed by atoms with Crippen LogP contribution in [0.25, 0.3) is 0 Å². The van der Waals surface area contributed by atoms with Crippen molar-refractivity contribution in [3.05, 3.63) is 41.5 Å². The first-order valence-electron chi connectivity index (χ1n) is 9.34. The number of rotatable bonds is 6. The fourth-order valence-electron chi connectivity index (χ4n) is 3.49. The van der Waals surface area contributed by atoms with Crippen molar-refractivity contribution in [3.8, 4) is 5.75 Å². The molecule has 0 bridgehead atoms. The standard InChI is InChI=1S/C20H25N3O4/c1-14(24)16-8-7-9-17(12-16)26-13-18(25)22-20(10-5-3-4-6-11-20)19-21-15(2)27-23-19/h7-9,12H,3-6,10-11,13H2,1-2H3,(H,22,25). The molecule has 7 nitrogen and oxygen atoms in total. The van der Waals surface area contributed by atoms with Gasteiger partial charge < -0.3 is 14.6 Å². The molecular formula is C20H25N3O4. The van der Waals surface area contributed by atoms with Crippen LogP contribution in [0.2, 0.25) is 0 Å². The zero-order chi connectivity index (χ0) is 19.3. The van der Waals surface area contributed by atoms with Crippen molar-refractivity contribution < 1.29 is 18.8 Å². The number of ketones is 1. The summed E-state index contributed by atoms with van der Waals surface area (Å²) in [6.45, 7) is 3.10. The minimum Gasteiger partial charge on any atom is -0.484 e. The van der Waals surface area contributed by atoms with Gasteiger partial charge in [-0.1, -0.05) is 43.0 Å². The van der Waals surface area contributed by atoms with Gasteiger partial charge in [-0.2, -0.15) is 4.98 Å². The van der Waals surface area contributed by atoms with Crippen molar-refractivity contribution in [2.24, 2.45) is 0 Å². The van der Waals surface area contributed by atoms with Gasteiger partial charge in [-0.25, -0.2) is 0 Å². The Kier molecular flexibility index (Phi) is 5.88. The average Bonchev–Trinajstić information content (AvgIpc) is 2.96. The monoisotopic (exact) mass is 371 g/mol. The third-order valence-corrected chi connectivity index (χ3v) is 4.90. The minimum absolute atomic E-state index is 0.0465. The Balaban J connectivity index is 1.69. The summed E-state index contributed by atoms with van der Waals surface area (Å²) in [5, 5.41) is 7.17. The molecule has 7 heteroatoms. The summed E-state index contributed by atoms with van der Waals surface area (Å²) < 4.78 is 10.7. The highest BCUT2D eigenvalue weighted by Crippen LogP contribution is 2.34. The van der Waals surface area contributed by atoms with E-state index in [0.717, 1.165) is 38.5 Å². The number of benzene rings is 1. The summed E-state index contributed by atoms with van der Waals surface area (Å²) in [6.07, 6.45) is 5.80. The largest absolute Gasteiger partial charge is 0.484 e. The van der Waals surface area contributed by atoms with E-state index in [1.165, 1.54) is 6.92 Å². The molecule has 3 rings (SSSR count). The molecule has 2 aromatic rings. The maximum absolute atomic E-state index is 12.6. The SMILES string of the molecule is CC(=O)c1cccc(OCC(=O)NC2(c3noc(C)n3)CCCCCC2)c1. The van der Waals surface area contributed by atoms with E-state index in [1.807, 2.05) is 0 Å². The van der Waals surface area contributed by atoms with Gasteiger partial charge in [0, 0.05) is 12.5 Å². The third kappa shape index (κ3) is 4.72. The molecule has 1 N–H and O–H groups in total. The summed E-state index contributed by atoms with van der Waals surface area (Å²) in [7, 11) is 0. The van der Waals surface area contributed by atoms with Crippen LogP contribution in [-0.2, 0) is 10.3 Å². The molecule has 0 radical (unpaired) electrons. The Labute approximate surface area is 158 Å². The highest BCUT2D eigenvalue weighted by atomic mass is 16.5. The molecule has 1 aliphatic rings. The van der Waals surface area contributed by atoms with E-state index in [0.29, 0.717) is 23.0 Å². The molecule has 0 aliphatic heterocycles. The molecule has 144 valence electrons. The number of carbonyl (C=O) groups excluding carboxylic acids is 2. The van der Waals surface area contributed by atoms with Gasteiger partial charge in [-0.3, -0.25) is 9.59 Å². The Morgan fingerprint density at radius 3 is 2.59 bits per heavy atom. The van der Waals surface area contributed by atoms with Crippen LogP contribution in [0.3, 0.4) is 0 Å². The highest BCUT2D eigenvalue weighted by Gasteiger charge is 2.38. The van der Waals surface area contributed by atoms with Crippen LogP contribution in [0, 0.1) is 6.92 Å². The van der Waals surface area contributed by atoms with Crippen LogP contribution in [0.1, 0.15) is 67.5 Å². The number of ether oxygens (including phenoxy) is 1. The first-order chi connectivity index (χ1) is 13.0. The van der Waals surface area contributed by atoms with Crippen molar-refractivity contribution in [1.82, 2.24) is 15.5 Å². The van der Waals surface area contributed by atoms with Gasteiger partial charge in [0.15, 0.2) is 18.2 Å². The molecule has 0 saturated heterocycles. The maximum atomic E-state index is 12.6. The lowest BCUT2D eigenvalue weighted by atomic mass is 9.89. The number of Topliss-reactive ketones (excluding diaryl/α,β-unsaturated/α-hetero) is 1. The number of hydrogen-bond acceptors (Lipinski definition) is 6. The number of nitrogens with zero attached hydrogens (tertiary/aromatic N) is 2. The van der Waals surface area contributed by atoms with Crippen LogP contribution in [-0.4, -0.2) is 28.4 Å². The zero-order valence-corrected chi connectivity index (χ0v) is 15.8. The number of hydrogen-bond donors (Lipinski definition) is 1. The van der Waals surface area contributed by atoms with E-state index in [-0.39, 0.29) is 18.3 Å². The third-order valence-electron chi connectivity index (χ3n) is 4.90. The second-order valence-electron chi connectivity index (χ2n) is 7.05. The van der Waals surface area contributed by atoms with Crippen molar-refractivity contribution >= 4 is 11.7 Å². The van der Waals surface area contributed by atoms with Crippen molar-refractivity contribution in [2.75, 3.05) is 6.61 Å². The molecule has 0 atom stereocenters. The predicted octanol–water partition coefficient (Wildman–Crippen LogP) is 3.33. The number of amides is 1. The van der Waals surface area contributed by atoms with Gasteiger partial charge in [-0.05, 0) is 31.9 Å². The lowest BCUT2D eigenvalue weighted by Crippen LogP contribution is -2.48. The molecule has 1 saturated carbocycles. The first kappa shape index (κ1) is 19.1. The number of aromatic nitrogens is 2. The second kappa shape index (κ2) is 8.33. The van der Waals surface area contributed by atoms with E-state index in [2.05, 4.69) is 15.5 Å². The van der Waals surface area contributed by atoms with E-state index in [1.54, 1.807) is 31.2 Å². The number of aryl methyl sites for hydroxylation is 1. The van der Waals surface area contributed by atoms with Crippen LogP contribution >= 0.6 is 0 Å². The average molecular weight is 371 g/mol. The molecule has 1 aromatic heterocycles. The molecule has 1 aromatic carbocycles. The summed E-state index contributed by atoms with van der Waals surface area (Å²) in [5.41, 5.74) is -0.0638. The summed E-state index contributed by atoms with van der Waals surface area (Å²) in [4.78, 5) is 28.5. The van der Waals surface area contributed by atoms with Crippen LogP contribution in [0.4, 0.5) is 0 Å². The van der Waals surface area contributed by atoms with E-state index < -0.39 is 5.54 Å². The maximum Gasteiger partial charge on any atom is 0.258 e. The van der Waals surface area contributed by atoms with Gasteiger partial charge >= 0.3 is 0 Å². The van der Waals surface area contributed by atoms with Gasteiger partial charge in [0.2, 0.25) is 5.89 Å². The zero-order valence-electron chi connectivity index (χ0n) is 15.8. The molecule has 27 heavy (non-hydrogen) atoms. The van der Waals surface area contributed by atoms with Crippen molar-refractivity contribution in [2.45, 2.75) is 57.9 Å². The molecule has 1 fully saturated rings. The van der Waals surface area contributed by atoms with Gasteiger partial charge in [-0.15, -0.1) is 0 Å². The second-order valence-corrected chi connectivity index (χ2v) is 7.05. The summed E-state index contributed by atoms with van der Waals surface area (Å²) >= 11 is 0. The topological polar surface area (TPSA) is 94.3 Å². The Hall–Kier alpha value is -2.70. The first-order valence-corrected chi connectivity index (χ1v) is 9.34.